The van der Waals surface area contributed by atoms with E-state index < -0.39 is 0 Å². The topological polar surface area (TPSA) is 33.3 Å². The molecule has 16 heavy (non-hydrogen) atoms. The summed E-state index contributed by atoms with van der Waals surface area (Å²) < 4.78 is 18.2. The fourth-order valence-corrected chi connectivity index (χ4v) is 1.44. The van der Waals surface area contributed by atoms with Gasteiger partial charge in [0, 0.05) is 13.1 Å². The fourth-order valence-electron chi connectivity index (χ4n) is 1.44. The summed E-state index contributed by atoms with van der Waals surface area (Å²) in [4.78, 5) is 0. The Kier molecular flexibility index (Phi) is 5.82. The van der Waals surface area contributed by atoms with E-state index in [2.05, 4.69) is 10.6 Å². The van der Waals surface area contributed by atoms with E-state index in [0.29, 0.717) is 5.75 Å². The van der Waals surface area contributed by atoms with Gasteiger partial charge in [0.05, 0.1) is 7.11 Å². The third-order valence-electron chi connectivity index (χ3n) is 2.36. The summed E-state index contributed by atoms with van der Waals surface area (Å²) in [5.41, 5.74) is 0.982. The highest BCUT2D eigenvalue weighted by molar-refractivity contribution is 5.29. The second kappa shape index (κ2) is 7.19. The van der Waals surface area contributed by atoms with Crippen LogP contribution in [0.3, 0.4) is 0 Å². The number of rotatable bonds is 7. The molecule has 0 saturated heterocycles. The maximum atomic E-state index is 13.3. The summed E-state index contributed by atoms with van der Waals surface area (Å²) >= 11 is 0. The van der Waals surface area contributed by atoms with Gasteiger partial charge in [0.2, 0.25) is 0 Å². The molecule has 1 rings (SSSR count). The number of ether oxygens (including phenoxy) is 1. The van der Waals surface area contributed by atoms with Crippen LogP contribution < -0.4 is 15.4 Å². The molecule has 0 amide bonds. The quantitative estimate of drug-likeness (QED) is 0.685. The summed E-state index contributed by atoms with van der Waals surface area (Å²) in [6.45, 7) is 2.72. The molecular weight excluding hydrogens is 207 g/mol. The normalized spacial score (nSPS) is 10.4. The second-order valence-corrected chi connectivity index (χ2v) is 3.57. The Hall–Kier alpha value is -1.13. The molecule has 0 radical (unpaired) electrons. The number of hydrogen-bond acceptors (Lipinski definition) is 3. The van der Waals surface area contributed by atoms with Crippen molar-refractivity contribution in [1.29, 1.82) is 0 Å². The zero-order chi connectivity index (χ0) is 11.8. The maximum absolute atomic E-state index is 13.3. The molecule has 0 aromatic heterocycles. The third-order valence-corrected chi connectivity index (χ3v) is 2.36. The summed E-state index contributed by atoms with van der Waals surface area (Å²) in [6, 6.07) is 5.08. The van der Waals surface area contributed by atoms with Crippen molar-refractivity contribution in [3.05, 3.63) is 29.6 Å². The molecule has 0 spiro atoms. The third kappa shape index (κ3) is 4.16. The lowest BCUT2D eigenvalue weighted by molar-refractivity contribution is 0.386. The lowest BCUT2D eigenvalue weighted by Crippen LogP contribution is -2.26. The van der Waals surface area contributed by atoms with Gasteiger partial charge in [0.1, 0.15) is 0 Å². The Bertz CT molecular complexity index is 318. The predicted octanol–water partition coefficient (Wildman–Crippen LogP) is 1.19. The molecule has 0 saturated carbocycles. The van der Waals surface area contributed by atoms with Gasteiger partial charge in [-0.25, -0.2) is 4.39 Å². The van der Waals surface area contributed by atoms with Crippen LogP contribution in [-0.4, -0.2) is 33.8 Å². The predicted molar refractivity (Wildman–Crippen MR) is 63.5 cm³/mol. The molecule has 1 aromatic carbocycles. The molecule has 0 atom stereocenters. The van der Waals surface area contributed by atoms with Gasteiger partial charge in [0.15, 0.2) is 11.6 Å². The number of nitrogens with one attached hydrogen (secondary N) is 2. The Morgan fingerprint density at radius 3 is 2.69 bits per heavy atom. The minimum atomic E-state index is -0.296. The largest absolute Gasteiger partial charge is 0.494 e. The Labute approximate surface area is 96.0 Å². The van der Waals surface area contributed by atoms with Crippen molar-refractivity contribution in [1.82, 2.24) is 10.6 Å². The molecule has 0 aliphatic carbocycles. The standard InChI is InChI=1S/C12H19FN2O/c1-14-7-8-15-6-5-10-3-4-12(16-2)11(13)9-10/h3-4,9,14-15H,5-8H2,1-2H3. The lowest BCUT2D eigenvalue weighted by Gasteiger charge is -2.06. The van der Waals surface area contributed by atoms with Gasteiger partial charge in [-0.05, 0) is 37.7 Å². The van der Waals surface area contributed by atoms with Gasteiger partial charge in [-0.3, -0.25) is 0 Å². The Balaban J connectivity index is 2.34. The highest BCUT2D eigenvalue weighted by Crippen LogP contribution is 2.17. The van der Waals surface area contributed by atoms with Crippen molar-refractivity contribution < 1.29 is 9.13 Å². The molecule has 1 aromatic rings. The molecule has 2 N–H and O–H groups in total. The van der Waals surface area contributed by atoms with Crippen LogP contribution in [0, 0.1) is 5.82 Å². The maximum Gasteiger partial charge on any atom is 0.165 e. The minimum Gasteiger partial charge on any atom is -0.494 e. The summed E-state index contributed by atoms with van der Waals surface area (Å²) in [5, 5.41) is 6.32. The van der Waals surface area contributed by atoms with Crippen LogP contribution in [0.15, 0.2) is 18.2 Å². The monoisotopic (exact) mass is 226 g/mol. The van der Waals surface area contributed by atoms with E-state index in [1.807, 2.05) is 13.1 Å². The molecule has 0 fully saturated rings. The first kappa shape index (κ1) is 12.9. The van der Waals surface area contributed by atoms with E-state index in [0.717, 1.165) is 31.6 Å². The van der Waals surface area contributed by atoms with Crippen LogP contribution in [0.4, 0.5) is 4.39 Å². The van der Waals surface area contributed by atoms with Gasteiger partial charge in [0.25, 0.3) is 0 Å². The van der Waals surface area contributed by atoms with E-state index in [1.165, 1.54) is 13.2 Å². The SMILES string of the molecule is CNCCNCCc1ccc(OC)c(F)c1. The van der Waals surface area contributed by atoms with Crippen LogP contribution in [0.1, 0.15) is 5.56 Å². The van der Waals surface area contributed by atoms with Gasteiger partial charge in [-0.15, -0.1) is 0 Å². The van der Waals surface area contributed by atoms with Gasteiger partial charge in [-0.2, -0.15) is 0 Å². The van der Waals surface area contributed by atoms with Crippen molar-refractivity contribution in [2.75, 3.05) is 33.8 Å². The summed E-state index contributed by atoms with van der Waals surface area (Å²) in [6.07, 6.45) is 0.824. The van der Waals surface area contributed by atoms with Crippen molar-refractivity contribution >= 4 is 0 Å². The van der Waals surface area contributed by atoms with E-state index in [9.17, 15) is 4.39 Å². The molecule has 0 bridgehead atoms. The second-order valence-electron chi connectivity index (χ2n) is 3.57. The first-order chi connectivity index (χ1) is 7.77. The average Bonchev–Trinajstić information content (AvgIpc) is 2.29. The summed E-state index contributed by atoms with van der Waals surface area (Å²) in [5.74, 6) is 0.00196. The molecular formula is C12H19FN2O. The molecule has 0 unspecified atom stereocenters. The molecule has 90 valence electrons. The van der Waals surface area contributed by atoms with Crippen LogP contribution >= 0.6 is 0 Å². The van der Waals surface area contributed by atoms with Gasteiger partial charge >= 0.3 is 0 Å². The summed E-state index contributed by atoms with van der Waals surface area (Å²) in [7, 11) is 3.39. The molecule has 0 aliphatic heterocycles. The highest BCUT2D eigenvalue weighted by atomic mass is 19.1. The van der Waals surface area contributed by atoms with E-state index in [-0.39, 0.29) is 5.82 Å². The molecule has 3 nitrogen and oxygen atoms in total. The van der Waals surface area contributed by atoms with Gasteiger partial charge < -0.3 is 15.4 Å². The smallest absolute Gasteiger partial charge is 0.165 e. The van der Waals surface area contributed by atoms with E-state index in [4.69, 9.17) is 4.74 Å². The number of halogens is 1. The van der Waals surface area contributed by atoms with Crippen molar-refractivity contribution in [2.45, 2.75) is 6.42 Å². The van der Waals surface area contributed by atoms with E-state index >= 15 is 0 Å². The van der Waals surface area contributed by atoms with Crippen molar-refractivity contribution in [2.24, 2.45) is 0 Å². The van der Waals surface area contributed by atoms with Gasteiger partial charge in [-0.1, -0.05) is 6.07 Å². The average molecular weight is 226 g/mol. The fraction of sp³-hybridized carbons (Fsp3) is 0.500. The number of likely N-dealkylation sites (N-methyl/N-ethyl adjacent to an activating group) is 1. The number of benzene rings is 1. The minimum absolute atomic E-state index is 0.296. The van der Waals surface area contributed by atoms with Crippen molar-refractivity contribution in [3.63, 3.8) is 0 Å². The van der Waals surface area contributed by atoms with E-state index in [1.54, 1.807) is 6.07 Å². The Morgan fingerprint density at radius 1 is 1.25 bits per heavy atom. The van der Waals surface area contributed by atoms with Crippen LogP contribution in [0.25, 0.3) is 0 Å². The molecule has 0 aliphatic rings. The number of hydrogen-bond donors (Lipinski definition) is 2. The highest BCUT2D eigenvalue weighted by Gasteiger charge is 2.02. The first-order valence-corrected chi connectivity index (χ1v) is 5.45. The van der Waals surface area contributed by atoms with Crippen LogP contribution in [0.2, 0.25) is 0 Å². The van der Waals surface area contributed by atoms with Crippen LogP contribution in [-0.2, 0) is 6.42 Å². The van der Waals surface area contributed by atoms with Crippen LogP contribution in [0.5, 0.6) is 5.75 Å². The molecule has 0 heterocycles. The first-order valence-electron chi connectivity index (χ1n) is 5.45. The lowest BCUT2D eigenvalue weighted by atomic mass is 10.1. The molecule has 4 heteroatoms. The zero-order valence-electron chi connectivity index (χ0n) is 9.85. The zero-order valence-corrected chi connectivity index (χ0v) is 9.85. The van der Waals surface area contributed by atoms with Crippen molar-refractivity contribution in [3.8, 4) is 5.75 Å². The number of methoxy groups -OCH3 is 1. The Morgan fingerprint density at radius 2 is 2.06 bits per heavy atom.